The summed E-state index contributed by atoms with van der Waals surface area (Å²) in [5, 5.41) is 0. The van der Waals surface area contributed by atoms with Crippen molar-refractivity contribution in [2.24, 2.45) is 5.92 Å². The van der Waals surface area contributed by atoms with Gasteiger partial charge in [0.2, 0.25) is 11.8 Å². The molecule has 2 bridgehead atoms. The van der Waals surface area contributed by atoms with E-state index in [0.717, 1.165) is 31.4 Å². The van der Waals surface area contributed by atoms with Crippen LogP contribution in [0.15, 0.2) is 24.3 Å². The van der Waals surface area contributed by atoms with Crippen molar-refractivity contribution in [2.45, 2.75) is 44.8 Å². The smallest absolute Gasteiger partial charge is 0.340 e. The standard InChI is InChI=1S/C19H23F3N2O2/c1-2-9-24-16-8-5-14(18(24)26)11-23(12-16)17(25)10-13-3-6-15(7-4-13)19(20,21)22/h3-4,6-7,14,16H,2,5,8-12H2,1H3/t14-,16+/m1/s1. The van der Waals surface area contributed by atoms with E-state index in [4.69, 9.17) is 0 Å². The lowest BCUT2D eigenvalue weighted by atomic mass is 9.94. The van der Waals surface area contributed by atoms with Gasteiger partial charge in [-0.1, -0.05) is 19.1 Å². The van der Waals surface area contributed by atoms with E-state index in [1.54, 1.807) is 4.90 Å². The molecule has 3 aliphatic heterocycles. The lowest BCUT2D eigenvalue weighted by molar-refractivity contribution is -0.140. The Hall–Kier alpha value is -2.05. The van der Waals surface area contributed by atoms with Gasteiger partial charge in [-0.05, 0) is 37.0 Å². The van der Waals surface area contributed by atoms with Gasteiger partial charge in [-0.3, -0.25) is 9.59 Å². The van der Waals surface area contributed by atoms with Gasteiger partial charge < -0.3 is 9.80 Å². The second-order valence-corrected chi connectivity index (χ2v) is 7.13. The molecule has 1 aromatic rings. The van der Waals surface area contributed by atoms with Crippen LogP contribution in [0, 0.1) is 5.92 Å². The first-order valence-corrected chi connectivity index (χ1v) is 9.04. The molecule has 1 aromatic carbocycles. The molecule has 3 fully saturated rings. The highest BCUT2D eigenvalue weighted by Crippen LogP contribution is 2.31. The molecule has 0 spiro atoms. The van der Waals surface area contributed by atoms with Crippen molar-refractivity contribution in [1.82, 2.24) is 9.80 Å². The Morgan fingerprint density at radius 3 is 2.46 bits per heavy atom. The van der Waals surface area contributed by atoms with Crippen LogP contribution in [0.3, 0.4) is 0 Å². The Morgan fingerprint density at radius 2 is 1.85 bits per heavy atom. The number of hydrogen-bond acceptors (Lipinski definition) is 2. The van der Waals surface area contributed by atoms with E-state index in [-0.39, 0.29) is 30.2 Å². The molecule has 7 heteroatoms. The van der Waals surface area contributed by atoms with Gasteiger partial charge in [0, 0.05) is 25.7 Å². The van der Waals surface area contributed by atoms with Crippen molar-refractivity contribution >= 4 is 11.8 Å². The van der Waals surface area contributed by atoms with Crippen molar-refractivity contribution in [2.75, 3.05) is 19.6 Å². The Bertz CT molecular complexity index is 672. The summed E-state index contributed by atoms with van der Waals surface area (Å²) in [6.07, 6.45) is -1.74. The van der Waals surface area contributed by atoms with E-state index < -0.39 is 11.7 Å². The molecule has 142 valence electrons. The molecule has 4 nitrogen and oxygen atoms in total. The lowest BCUT2D eigenvalue weighted by Crippen LogP contribution is -2.48. The Kier molecular flexibility index (Phi) is 5.25. The van der Waals surface area contributed by atoms with Gasteiger partial charge in [-0.2, -0.15) is 13.2 Å². The number of fused-ring (bicyclic) bond motifs is 4. The summed E-state index contributed by atoms with van der Waals surface area (Å²) in [7, 11) is 0. The first-order valence-electron chi connectivity index (χ1n) is 9.04. The van der Waals surface area contributed by atoms with Gasteiger partial charge in [-0.15, -0.1) is 0 Å². The van der Waals surface area contributed by atoms with E-state index in [1.807, 2.05) is 11.8 Å². The second-order valence-electron chi connectivity index (χ2n) is 7.13. The molecule has 0 unspecified atom stereocenters. The van der Waals surface area contributed by atoms with Gasteiger partial charge in [-0.25, -0.2) is 0 Å². The van der Waals surface area contributed by atoms with Crippen LogP contribution in [0.4, 0.5) is 13.2 Å². The number of piperidine rings is 1. The van der Waals surface area contributed by atoms with Crippen molar-refractivity contribution in [3.05, 3.63) is 35.4 Å². The molecule has 2 atom stereocenters. The minimum Gasteiger partial charge on any atom is -0.340 e. The Balaban J connectivity index is 1.68. The first-order chi connectivity index (χ1) is 12.3. The average Bonchev–Trinajstić information content (AvgIpc) is 2.88. The zero-order chi connectivity index (χ0) is 18.9. The number of hydrogen-bond donors (Lipinski definition) is 0. The van der Waals surface area contributed by atoms with Crippen molar-refractivity contribution < 1.29 is 22.8 Å². The highest BCUT2D eigenvalue weighted by molar-refractivity contribution is 5.84. The molecule has 0 N–H and O–H groups in total. The second kappa shape index (κ2) is 7.29. The van der Waals surface area contributed by atoms with Crippen LogP contribution in [0.25, 0.3) is 0 Å². The topological polar surface area (TPSA) is 40.6 Å². The van der Waals surface area contributed by atoms with Gasteiger partial charge in [0.1, 0.15) is 0 Å². The molecule has 3 saturated heterocycles. The Labute approximate surface area is 151 Å². The van der Waals surface area contributed by atoms with Crippen molar-refractivity contribution in [1.29, 1.82) is 0 Å². The van der Waals surface area contributed by atoms with Crippen molar-refractivity contribution in [3.63, 3.8) is 0 Å². The van der Waals surface area contributed by atoms with Crippen molar-refractivity contribution in [3.8, 4) is 0 Å². The third-order valence-corrected chi connectivity index (χ3v) is 5.25. The fourth-order valence-corrected chi connectivity index (χ4v) is 3.88. The maximum absolute atomic E-state index is 12.7. The molecule has 0 aromatic heterocycles. The number of carbonyl (C=O) groups is 2. The summed E-state index contributed by atoms with van der Waals surface area (Å²) in [5.41, 5.74) is -0.168. The molecule has 3 heterocycles. The summed E-state index contributed by atoms with van der Waals surface area (Å²) in [4.78, 5) is 28.8. The summed E-state index contributed by atoms with van der Waals surface area (Å²) in [5.74, 6) is -0.155. The van der Waals surface area contributed by atoms with Gasteiger partial charge in [0.15, 0.2) is 0 Å². The summed E-state index contributed by atoms with van der Waals surface area (Å²) < 4.78 is 37.9. The van der Waals surface area contributed by atoms with E-state index in [9.17, 15) is 22.8 Å². The van der Waals surface area contributed by atoms with Gasteiger partial charge in [0.25, 0.3) is 0 Å². The quantitative estimate of drug-likeness (QED) is 0.819. The number of rotatable bonds is 4. The zero-order valence-electron chi connectivity index (χ0n) is 14.8. The van der Waals surface area contributed by atoms with Crippen LogP contribution in [-0.2, 0) is 22.2 Å². The first kappa shape index (κ1) is 18.7. The molecular formula is C19H23F3N2O2. The highest BCUT2D eigenvalue weighted by Gasteiger charge is 2.41. The summed E-state index contributed by atoms with van der Waals surface area (Å²) >= 11 is 0. The fraction of sp³-hybridized carbons (Fsp3) is 0.579. The van der Waals surface area contributed by atoms with Gasteiger partial charge >= 0.3 is 6.18 Å². The van der Waals surface area contributed by atoms with Crippen LogP contribution in [0.5, 0.6) is 0 Å². The molecule has 2 amide bonds. The zero-order valence-corrected chi connectivity index (χ0v) is 14.8. The highest BCUT2D eigenvalue weighted by atomic mass is 19.4. The molecule has 4 rings (SSSR count). The normalized spacial score (nSPS) is 23.3. The predicted molar refractivity (Wildman–Crippen MR) is 90.2 cm³/mol. The monoisotopic (exact) mass is 368 g/mol. The third kappa shape index (κ3) is 3.86. The minimum absolute atomic E-state index is 0.0535. The molecule has 0 saturated carbocycles. The molecule has 0 radical (unpaired) electrons. The number of benzene rings is 1. The number of halogens is 3. The number of alkyl halides is 3. The maximum Gasteiger partial charge on any atom is 0.416 e. The molecule has 0 aliphatic carbocycles. The molecule has 26 heavy (non-hydrogen) atoms. The van der Waals surface area contributed by atoms with Crippen LogP contribution < -0.4 is 0 Å². The summed E-state index contributed by atoms with van der Waals surface area (Å²) in [6, 6.07) is 4.75. The molecular weight excluding hydrogens is 345 g/mol. The van der Waals surface area contributed by atoms with E-state index >= 15 is 0 Å². The third-order valence-electron chi connectivity index (χ3n) is 5.25. The number of nitrogens with zero attached hydrogens (tertiary/aromatic N) is 2. The molecule has 3 aliphatic rings. The van der Waals surface area contributed by atoms with Gasteiger partial charge in [0.05, 0.1) is 17.9 Å². The van der Waals surface area contributed by atoms with Crippen LogP contribution in [0.1, 0.15) is 37.3 Å². The largest absolute Gasteiger partial charge is 0.416 e. The number of carbonyl (C=O) groups excluding carboxylic acids is 2. The van der Waals surface area contributed by atoms with Crippen LogP contribution in [0.2, 0.25) is 0 Å². The Morgan fingerprint density at radius 1 is 1.15 bits per heavy atom. The fourth-order valence-electron chi connectivity index (χ4n) is 3.88. The minimum atomic E-state index is -4.38. The average molecular weight is 368 g/mol. The maximum atomic E-state index is 12.7. The van der Waals surface area contributed by atoms with Crippen LogP contribution in [-0.4, -0.2) is 47.3 Å². The number of amides is 2. The van der Waals surface area contributed by atoms with Crippen LogP contribution >= 0.6 is 0 Å². The SMILES string of the molecule is CCCN1C(=O)[C@@H]2CC[C@H]1CN(C(=O)Cc1ccc(C(F)(F)F)cc1)C2. The predicted octanol–water partition coefficient (Wildman–Crippen LogP) is 3.11. The lowest BCUT2D eigenvalue weighted by Gasteiger charge is -2.35. The van der Waals surface area contributed by atoms with E-state index in [0.29, 0.717) is 25.2 Å². The van der Waals surface area contributed by atoms with E-state index in [2.05, 4.69) is 0 Å². The summed E-state index contributed by atoms with van der Waals surface area (Å²) in [6.45, 7) is 3.66. The van der Waals surface area contributed by atoms with E-state index in [1.165, 1.54) is 12.1 Å².